The van der Waals surface area contributed by atoms with Crippen LogP contribution in [0.2, 0.25) is 0 Å². The van der Waals surface area contributed by atoms with Gasteiger partial charge in [0.05, 0.1) is 0 Å². The summed E-state index contributed by atoms with van der Waals surface area (Å²) in [5.74, 6) is 2.10. The van der Waals surface area contributed by atoms with E-state index in [2.05, 4.69) is 25.3 Å². The molecule has 0 radical (unpaired) electrons. The van der Waals surface area contributed by atoms with Gasteiger partial charge < -0.3 is 0 Å². The first kappa shape index (κ1) is 22.1. The summed E-state index contributed by atoms with van der Waals surface area (Å²) in [6.45, 7) is 0. The Morgan fingerprint density at radius 1 is 0.429 bits per heavy atom. The van der Waals surface area contributed by atoms with Gasteiger partial charge in [0.15, 0.2) is 0 Å². The third kappa shape index (κ3) is 19.0. The van der Waals surface area contributed by atoms with Gasteiger partial charge in [-0.15, -0.1) is 0 Å². The summed E-state index contributed by atoms with van der Waals surface area (Å²) in [7, 11) is 0. The van der Waals surface area contributed by atoms with Gasteiger partial charge in [0.1, 0.15) is 0 Å². The maximum atomic E-state index is 4.74. The predicted octanol–water partition coefficient (Wildman–Crippen LogP) is 7.00. The summed E-state index contributed by atoms with van der Waals surface area (Å²) in [5.41, 5.74) is 0. The fraction of sp³-hybridized carbons (Fsp3) is 1.00. The highest BCUT2D eigenvalue weighted by atomic mass is 32.1. The van der Waals surface area contributed by atoms with Crippen molar-refractivity contribution in [3.63, 3.8) is 0 Å². The Bertz CT molecular complexity index is 185. The molecule has 3 heteroatoms. The van der Waals surface area contributed by atoms with Crippen molar-refractivity contribution in [2.24, 2.45) is 0 Å². The molecule has 0 rings (SSSR count). The number of rotatable bonds is 17. The van der Waals surface area contributed by atoms with E-state index in [0.717, 1.165) is 11.5 Å². The van der Waals surface area contributed by atoms with Gasteiger partial charge in [-0.25, -0.2) is 0 Å². The lowest BCUT2D eigenvalue weighted by Gasteiger charge is -2.10. The number of hydrogen-bond donors (Lipinski definition) is 3. The third-order valence-corrected chi connectivity index (χ3v) is 5.29. The van der Waals surface area contributed by atoms with E-state index in [1.54, 1.807) is 0 Å². The molecule has 0 bridgehead atoms. The van der Waals surface area contributed by atoms with Crippen LogP contribution < -0.4 is 0 Å². The van der Waals surface area contributed by atoms with E-state index in [-0.39, 0.29) is 0 Å². The summed E-state index contributed by atoms with van der Waals surface area (Å²) in [5, 5.41) is 0.645. The second kappa shape index (κ2) is 19.1. The zero-order valence-electron chi connectivity index (χ0n) is 13.9. The molecule has 0 aliphatic carbocycles. The van der Waals surface area contributed by atoms with Crippen LogP contribution >= 0.6 is 37.9 Å². The molecular weight excluding hydrogens is 312 g/mol. The average Bonchev–Trinajstić information content (AvgIpc) is 2.49. The van der Waals surface area contributed by atoms with Crippen molar-refractivity contribution < 1.29 is 0 Å². The number of unbranched alkanes of at least 4 members (excludes halogenated alkanes) is 11. The average molecular weight is 351 g/mol. The zero-order chi connectivity index (χ0) is 15.6. The van der Waals surface area contributed by atoms with Gasteiger partial charge in [-0.1, -0.05) is 70.6 Å². The number of hydrogen-bond acceptors (Lipinski definition) is 3. The Balaban J connectivity index is 3.11. The second-order valence-corrected chi connectivity index (χ2v) is 7.90. The van der Waals surface area contributed by atoms with Crippen LogP contribution in [0.3, 0.4) is 0 Å². The van der Waals surface area contributed by atoms with Gasteiger partial charge >= 0.3 is 0 Å². The molecule has 0 nitrogen and oxygen atoms in total. The fourth-order valence-corrected chi connectivity index (χ4v) is 3.53. The Morgan fingerprint density at radius 2 is 0.714 bits per heavy atom. The van der Waals surface area contributed by atoms with Crippen molar-refractivity contribution in [1.82, 2.24) is 0 Å². The minimum Gasteiger partial charge on any atom is -0.179 e. The van der Waals surface area contributed by atoms with Gasteiger partial charge in [-0.3, -0.25) is 0 Å². The van der Waals surface area contributed by atoms with Crippen molar-refractivity contribution in [3.05, 3.63) is 0 Å². The van der Waals surface area contributed by atoms with Crippen LogP contribution in [-0.2, 0) is 0 Å². The molecule has 21 heavy (non-hydrogen) atoms. The van der Waals surface area contributed by atoms with E-state index in [9.17, 15) is 0 Å². The van der Waals surface area contributed by atoms with Crippen molar-refractivity contribution in [2.45, 2.75) is 102 Å². The maximum absolute atomic E-state index is 4.74. The van der Waals surface area contributed by atoms with Crippen LogP contribution in [0.4, 0.5) is 0 Å². The van der Waals surface area contributed by atoms with Crippen LogP contribution in [0.25, 0.3) is 0 Å². The minimum atomic E-state index is 0.645. The van der Waals surface area contributed by atoms with Gasteiger partial charge in [0.2, 0.25) is 0 Å². The van der Waals surface area contributed by atoms with Crippen LogP contribution in [0, 0.1) is 0 Å². The first-order valence-corrected chi connectivity index (χ1v) is 11.0. The van der Waals surface area contributed by atoms with Gasteiger partial charge in [0.25, 0.3) is 0 Å². The lowest BCUT2D eigenvalue weighted by molar-refractivity contribution is 0.540. The molecular formula is C18H38S3. The molecule has 0 N–H and O–H groups in total. The highest BCUT2D eigenvalue weighted by Crippen LogP contribution is 2.17. The molecule has 0 saturated carbocycles. The van der Waals surface area contributed by atoms with E-state index < -0.39 is 0 Å². The topological polar surface area (TPSA) is 0 Å². The molecule has 0 aromatic carbocycles. The minimum absolute atomic E-state index is 0.645. The first-order valence-electron chi connectivity index (χ1n) is 9.21. The molecule has 0 aliphatic heterocycles. The van der Waals surface area contributed by atoms with Gasteiger partial charge in [-0.2, -0.15) is 37.9 Å². The lowest BCUT2D eigenvalue weighted by Crippen LogP contribution is -1.98. The first-order chi connectivity index (χ1) is 10.3. The molecule has 1 unspecified atom stereocenters. The van der Waals surface area contributed by atoms with Crippen LogP contribution in [0.15, 0.2) is 0 Å². The van der Waals surface area contributed by atoms with Crippen molar-refractivity contribution in [1.29, 1.82) is 0 Å². The highest BCUT2D eigenvalue weighted by Gasteiger charge is 2.02. The van der Waals surface area contributed by atoms with Crippen LogP contribution in [-0.4, -0.2) is 16.8 Å². The van der Waals surface area contributed by atoms with E-state index in [4.69, 9.17) is 12.6 Å². The predicted molar refractivity (Wildman–Crippen MR) is 110 cm³/mol. The maximum Gasteiger partial charge on any atom is 0.00168 e. The quantitative estimate of drug-likeness (QED) is 0.183. The number of thiol groups is 3. The molecule has 0 aromatic heterocycles. The molecule has 0 aromatic rings. The summed E-state index contributed by atoms with van der Waals surface area (Å²) in [6, 6.07) is 0. The van der Waals surface area contributed by atoms with E-state index in [0.29, 0.717) is 5.25 Å². The van der Waals surface area contributed by atoms with Crippen LogP contribution in [0.5, 0.6) is 0 Å². The normalized spacial score (nSPS) is 12.7. The Hall–Kier alpha value is 1.05. The third-order valence-electron chi connectivity index (χ3n) is 4.14. The Morgan fingerprint density at radius 3 is 1.05 bits per heavy atom. The second-order valence-electron chi connectivity index (χ2n) is 6.27. The lowest BCUT2D eigenvalue weighted by atomic mass is 10.0. The Kier molecular flexibility index (Phi) is 20.1. The zero-order valence-corrected chi connectivity index (χ0v) is 16.6. The largest absolute Gasteiger partial charge is 0.179 e. The monoisotopic (exact) mass is 350 g/mol. The van der Waals surface area contributed by atoms with E-state index >= 15 is 0 Å². The molecule has 128 valence electrons. The van der Waals surface area contributed by atoms with Crippen molar-refractivity contribution in [2.75, 3.05) is 11.5 Å². The standard InChI is InChI=1S/C18H38S3/c19-16-12-8-4-1-2-6-10-14-18(21)15-11-7-3-5-9-13-17-20/h18-21H,1-17H2. The Labute approximate surface area is 150 Å². The summed E-state index contributed by atoms with van der Waals surface area (Å²) < 4.78 is 0. The molecule has 0 heterocycles. The van der Waals surface area contributed by atoms with Crippen molar-refractivity contribution in [3.8, 4) is 0 Å². The molecule has 0 fully saturated rings. The molecule has 0 amide bonds. The molecule has 0 saturated heterocycles. The van der Waals surface area contributed by atoms with Crippen molar-refractivity contribution >= 4 is 37.9 Å². The SMILES string of the molecule is SCCCCCCCCCC(S)CCCCCCCCS. The summed E-state index contributed by atoms with van der Waals surface area (Å²) in [6.07, 6.45) is 20.5. The highest BCUT2D eigenvalue weighted by molar-refractivity contribution is 7.81. The smallest absolute Gasteiger partial charge is 0.00168 e. The fourth-order valence-electron chi connectivity index (χ4n) is 2.72. The van der Waals surface area contributed by atoms with E-state index in [1.807, 2.05) is 0 Å². The summed E-state index contributed by atoms with van der Waals surface area (Å²) in [4.78, 5) is 0. The molecule has 1 atom stereocenters. The summed E-state index contributed by atoms with van der Waals surface area (Å²) >= 11 is 13.2. The van der Waals surface area contributed by atoms with Crippen LogP contribution in [0.1, 0.15) is 96.3 Å². The van der Waals surface area contributed by atoms with Gasteiger partial charge in [-0.05, 0) is 37.2 Å². The molecule has 0 spiro atoms. The van der Waals surface area contributed by atoms with E-state index in [1.165, 1.54) is 96.3 Å². The van der Waals surface area contributed by atoms with Gasteiger partial charge in [0, 0.05) is 5.25 Å². The molecule has 0 aliphatic rings.